The number of aryl methyl sites for hydroxylation is 1. The summed E-state index contributed by atoms with van der Waals surface area (Å²) in [6.07, 6.45) is 3.15. The van der Waals surface area contributed by atoms with Crippen molar-refractivity contribution in [1.82, 2.24) is 20.0 Å². The van der Waals surface area contributed by atoms with Crippen LogP contribution in [0.15, 0.2) is 24.5 Å². The summed E-state index contributed by atoms with van der Waals surface area (Å²) in [5.41, 5.74) is 0.565. The van der Waals surface area contributed by atoms with Crippen LogP contribution in [0.3, 0.4) is 0 Å². The lowest BCUT2D eigenvalue weighted by molar-refractivity contribution is 0.467. The molecule has 2 aromatic heterocycles. The molecule has 5 nitrogen and oxygen atoms in total. The van der Waals surface area contributed by atoms with E-state index in [1.807, 2.05) is 0 Å². The van der Waals surface area contributed by atoms with Crippen LogP contribution in [0.2, 0.25) is 0 Å². The maximum atomic E-state index is 9.23. The molecule has 0 unspecified atom stereocenters. The maximum Gasteiger partial charge on any atom is 0.174 e. The standard InChI is InChI=1S/C8H8N4O/c1-6-7(13)2-3-8(11-6)12-9-4-5-10-12/h2-5,13H,1H3. The summed E-state index contributed by atoms with van der Waals surface area (Å²) in [5, 5.41) is 17.1. The number of rotatable bonds is 1. The zero-order valence-electron chi connectivity index (χ0n) is 7.05. The first-order chi connectivity index (χ1) is 6.27. The highest BCUT2D eigenvalue weighted by Crippen LogP contribution is 2.14. The predicted molar refractivity (Wildman–Crippen MR) is 45.6 cm³/mol. The van der Waals surface area contributed by atoms with E-state index in [9.17, 15) is 5.11 Å². The minimum Gasteiger partial charge on any atom is -0.506 e. The molecule has 13 heavy (non-hydrogen) atoms. The summed E-state index contributed by atoms with van der Waals surface area (Å²) in [5.74, 6) is 0.774. The fourth-order valence-electron chi connectivity index (χ4n) is 0.986. The zero-order chi connectivity index (χ0) is 9.26. The average molecular weight is 176 g/mol. The van der Waals surface area contributed by atoms with Gasteiger partial charge in [-0.2, -0.15) is 10.2 Å². The molecule has 1 N–H and O–H groups in total. The summed E-state index contributed by atoms with van der Waals surface area (Å²) >= 11 is 0. The van der Waals surface area contributed by atoms with Gasteiger partial charge in [0.1, 0.15) is 5.75 Å². The van der Waals surface area contributed by atoms with Gasteiger partial charge in [0.05, 0.1) is 18.1 Å². The van der Waals surface area contributed by atoms with Crippen molar-refractivity contribution >= 4 is 0 Å². The molecule has 0 aromatic carbocycles. The minimum absolute atomic E-state index is 0.177. The first kappa shape index (κ1) is 7.72. The molecule has 66 valence electrons. The van der Waals surface area contributed by atoms with Crippen molar-refractivity contribution in [1.29, 1.82) is 0 Å². The monoisotopic (exact) mass is 176 g/mol. The fourth-order valence-corrected chi connectivity index (χ4v) is 0.986. The molecular weight excluding hydrogens is 168 g/mol. The number of hydrogen-bond donors (Lipinski definition) is 1. The second-order valence-corrected chi connectivity index (χ2v) is 2.59. The van der Waals surface area contributed by atoms with Crippen molar-refractivity contribution in [3.63, 3.8) is 0 Å². The summed E-state index contributed by atoms with van der Waals surface area (Å²) in [6, 6.07) is 3.23. The van der Waals surface area contributed by atoms with Crippen molar-refractivity contribution < 1.29 is 5.11 Å². The highest BCUT2D eigenvalue weighted by atomic mass is 16.3. The van der Waals surface area contributed by atoms with Crippen LogP contribution >= 0.6 is 0 Å². The van der Waals surface area contributed by atoms with Gasteiger partial charge in [-0.1, -0.05) is 0 Å². The number of nitrogens with zero attached hydrogens (tertiary/aromatic N) is 4. The van der Waals surface area contributed by atoms with E-state index in [1.54, 1.807) is 31.5 Å². The summed E-state index contributed by atoms with van der Waals surface area (Å²) in [4.78, 5) is 5.50. The van der Waals surface area contributed by atoms with Crippen LogP contribution in [0.1, 0.15) is 5.69 Å². The topological polar surface area (TPSA) is 63.8 Å². The molecule has 0 spiro atoms. The van der Waals surface area contributed by atoms with E-state index in [2.05, 4.69) is 15.2 Å². The maximum absolute atomic E-state index is 9.23. The summed E-state index contributed by atoms with van der Waals surface area (Å²) in [7, 11) is 0. The Bertz CT molecular complexity index is 410. The van der Waals surface area contributed by atoms with Crippen molar-refractivity contribution in [2.24, 2.45) is 0 Å². The van der Waals surface area contributed by atoms with Gasteiger partial charge in [0.15, 0.2) is 5.82 Å². The van der Waals surface area contributed by atoms with Gasteiger partial charge in [0, 0.05) is 0 Å². The molecule has 2 aromatic rings. The number of hydrogen-bond acceptors (Lipinski definition) is 4. The fraction of sp³-hybridized carbons (Fsp3) is 0.125. The van der Waals surface area contributed by atoms with Gasteiger partial charge in [0.25, 0.3) is 0 Å². The minimum atomic E-state index is 0.177. The van der Waals surface area contributed by atoms with Crippen LogP contribution in [0.5, 0.6) is 5.75 Å². The molecular formula is C8H8N4O. The van der Waals surface area contributed by atoms with E-state index >= 15 is 0 Å². The van der Waals surface area contributed by atoms with Gasteiger partial charge in [-0.05, 0) is 19.1 Å². The molecule has 0 bridgehead atoms. The third-order valence-electron chi connectivity index (χ3n) is 1.67. The van der Waals surface area contributed by atoms with Crippen LogP contribution < -0.4 is 0 Å². The molecule has 0 radical (unpaired) electrons. The number of aromatic hydroxyl groups is 1. The molecule has 0 atom stereocenters. The Kier molecular flexibility index (Phi) is 1.70. The second-order valence-electron chi connectivity index (χ2n) is 2.59. The van der Waals surface area contributed by atoms with Gasteiger partial charge in [-0.25, -0.2) is 4.98 Å². The normalized spacial score (nSPS) is 10.2. The smallest absolute Gasteiger partial charge is 0.174 e. The number of aromatic nitrogens is 4. The van der Waals surface area contributed by atoms with E-state index < -0.39 is 0 Å². The zero-order valence-corrected chi connectivity index (χ0v) is 7.05. The molecule has 0 saturated heterocycles. The Morgan fingerprint density at radius 1 is 1.23 bits per heavy atom. The predicted octanol–water partition coefficient (Wildman–Crippen LogP) is 0.676. The lowest BCUT2D eigenvalue weighted by atomic mass is 10.3. The molecule has 2 heterocycles. The van der Waals surface area contributed by atoms with Crippen LogP contribution in [0.4, 0.5) is 0 Å². The Hall–Kier alpha value is -1.91. The van der Waals surface area contributed by atoms with Gasteiger partial charge < -0.3 is 5.11 Å². The average Bonchev–Trinajstić information content (AvgIpc) is 2.62. The first-order valence-electron chi connectivity index (χ1n) is 3.80. The molecule has 0 fully saturated rings. The lowest BCUT2D eigenvalue weighted by Crippen LogP contribution is -2.01. The SMILES string of the molecule is Cc1nc(-n2nccn2)ccc1O. The Morgan fingerprint density at radius 3 is 2.54 bits per heavy atom. The molecule has 2 rings (SSSR count). The van der Waals surface area contributed by atoms with Crippen LogP contribution in [0.25, 0.3) is 5.82 Å². The van der Waals surface area contributed by atoms with Crippen LogP contribution in [0, 0.1) is 6.92 Å². The van der Waals surface area contributed by atoms with Crippen molar-refractivity contribution in [2.45, 2.75) is 6.92 Å². The van der Waals surface area contributed by atoms with E-state index in [1.165, 1.54) is 4.80 Å². The first-order valence-corrected chi connectivity index (χ1v) is 3.80. The third kappa shape index (κ3) is 1.35. The summed E-state index contributed by atoms with van der Waals surface area (Å²) in [6.45, 7) is 1.72. The van der Waals surface area contributed by atoms with Gasteiger partial charge in [-0.15, -0.1) is 4.80 Å². The summed E-state index contributed by atoms with van der Waals surface area (Å²) < 4.78 is 0. The highest BCUT2D eigenvalue weighted by Gasteiger charge is 2.01. The lowest BCUT2D eigenvalue weighted by Gasteiger charge is -2.00. The van der Waals surface area contributed by atoms with Crippen LogP contribution in [-0.4, -0.2) is 25.1 Å². The second kappa shape index (κ2) is 2.85. The van der Waals surface area contributed by atoms with Crippen molar-refractivity contribution in [3.05, 3.63) is 30.2 Å². The highest BCUT2D eigenvalue weighted by molar-refractivity contribution is 5.31. The molecule has 0 amide bonds. The molecule has 0 aliphatic carbocycles. The van der Waals surface area contributed by atoms with E-state index in [0.717, 1.165) is 0 Å². The Balaban J connectivity index is 2.49. The van der Waals surface area contributed by atoms with Crippen LogP contribution in [-0.2, 0) is 0 Å². The van der Waals surface area contributed by atoms with Gasteiger partial charge in [0.2, 0.25) is 0 Å². The Labute approximate surface area is 74.7 Å². The molecule has 5 heteroatoms. The van der Waals surface area contributed by atoms with Crippen molar-refractivity contribution in [3.8, 4) is 11.6 Å². The quantitative estimate of drug-likeness (QED) is 0.693. The molecule has 0 aliphatic heterocycles. The number of pyridine rings is 1. The van der Waals surface area contributed by atoms with E-state index in [4.69, 9.17) is 0 Å². The largest absolute Gasteiger partial charge is 0.506 e. The molecule has 0 aliphatic rings. The van der Waals surface area contributed by atoms with E-state index in [0.29, 0.717) is 11.5 Å². The Morgan fingerprint density at radius 2 is 1.92 bits per heavy atom. The molecule has 0 saturated carbocycles. The third-order valence-corrected chi connectivity index (χ3v) is 1.67. The van der Waals surface area contributed by atoms with Gasteiger partial charge in [-0.3, -0.25) is 0 Å². The van der Waals surface area contributed by atoms with Gasteiger partial charge >= 0.3 is 0 Å². The van der Waals surface area contributed by atoms with E-state index in [-0.39, 0.29) is 5.75 Å². The van der Waals surface area contributed by atoms with Crippen molar-refractivity contribution in [2.75, 3.05) is 0 Å².